The Morgan fingerprint density at radius 1 is 1.21 bits per heavy atom. The van der Waals surface area contributed by atoms with Crippen LogP contribution in [0.2, 0.25) is 0 Å². The number of ether oxygens (including phenoxy) is 1. The number of piperidine rings is 1. The van der Waals surface area contributed by atoms with Gasteiger partial charge in [0.1, 0.15) is 5.75 Å². The molecule has 1 aliphatic rings. The Hall–Kier alpha value is -3.21. The topological polar surface area (TPSA) is 159 Å². The van der Waals surface area contributed by atoms with Gasteiger partial charge in [-0.15, -0.1) is 0 Å². The zero-order valence-corrected chi connectivity index (χ0v) is 16.5. The van der Waals surface area contributed by atoms with Crippen molar-refractivity contribution in [1.29, 1.82) is 0 Å². The summed E-state index contributed by atoms with van der Waals surface area (Å²) >= 11 is 0. The Morgan fingerprint density at radius 3 is 2.21 bits per heavy atom. The summed E-state index contributed by atoms with van der Waals surface area (Å²) in [5, 5.41) is 28.3. The van der Waals surface area contributed by atoms with Crippen molar-refractivity contribution in [3.63, 3.8) is 0 Å². The van der Waals surface area contributed by atoms with E-state index in [0.717, 1.165) is 13.1 Å². The average Bonchev–Trinajstić information content (AvgIpc) is 2.61. The molecule has 3 N–H and O–H groups in total. The first-order chi connectivity index (χ1) is 13.5. The highest BCUT2D eigenvalue weighted by Crippen LogP contribution is 2.29. The lowest BCUT2D eigenvalue weighted by Gasteiger charge is -2.34. The molecule has 11 nitrogen and oxygen atoms in total. The van der Waals surface area contributed by atoms with Crippen LogP contribution in [0.4, 0.5) is 11.4 Å². The van der Waals surface area contributed by atoms with Gasteiger partial charge < -0.3 is 20.3 Å². The maximum absolute atomic E-state index is 12.2. The lowest BCUT2D eigenvalue weighted by molar-refractivity contribution is -0.384. The summed E-state index contributed by atoms with van der Waals surface area (Å²) in [6.45, 7) is 6.53. The Bertz CT molecular complexity index is 745. The number of nitrogens with zero attached hydrogens (tertiary/aromatic N) is 2. The number of non-ortho nitro benzene ring substituents is 1. The molecular weight excluding hydrogens is 386 g/mol. The van der Waals surface area contributed by atoms with E-state index in [1.165, 1.54) is 31.7 Å². The van der Waals surface area contributed by atoms with Crippen LogP contribution in [0.3, 0.4) is 0 Å². The van der Waals surface area contributed by atoms with E-state index in [0.29, 0.717) is 24.1 Å². The van der Waals surface area contributed by atoms with Gasteiger partial charge in [-0.3, -0.25) is 19.8 Å². The number of rotatable bonds is 5. The molecule has 0 saturated carbocycles. The maximum atomic E-state index is 12.2. The van der Waals surface area contributed by atoms with E-state index in [9.17, 15) is 14.9 Å². The van der Waals surface area contributed by atoms with Crippen LogP contribution in [-0.4, -0.2) is 64.6 Å². The van der Waals surface area contributed by atoms with Crippen molar-refractivity contribution in [2.45, 2.75) is 20.3 Å². The maximum Gasteiger partial charge on any atom is 0.414 e. The summed E-state index contributed by atoms with van der Waals surface area (Å²) in [7, 11) is 1.42. The molecule has 2 rings (SSSR count). The SMILES string of the molecule is COc1cc([N+](=O)[O-])ccc1NC(=O)CN1CC(C)CC(C)C1.O=C(O)C(=O)O. The van der Waals surface area contributed by atoms with E-state index < -0.39 is 16.9 Å². The molecule has 160 valence electrons. The second-order valence-electron chi connectivity index (χ2n) is 6.94. The van der Waals surface area contributed by atoms with Crippen LogP contribution < -0.4 is 10.1 Å². The third-order valence-electron chi connectivity index (χ3n) is 4.16. The molecule has 2 atom stereocenters. The molecule has 2 unspecified atom stereocenters. The van der Waals surface area contributed by atoms with Gasteiger partial charge in [-0.1, -0.05) is 13.8 Å². The number of carboxylic acids is 2. The first kappa shape index (κ1) is 23.8. The van der Waals surface area contributed by atoms with E-state index in [1.54, 1.807) is 0 Å². The Morgan fingerprint density at radius 2 is 1.76 bits per heavy atom. The molecule has 0 bridgehead atoms. The Kier molecular flexibility index (Phi) is 9.00. The highest BCUT2D eigenvalue weighted by atomic mass is 16.6. The molecule has 0 aliphatic carbocycles. The quantitative estimate of drug-likeness (QED) is 0.372. The van der Waals surface area contributed by atoms with Crippen molar-refractivity contribution in [2.75, 3.05) is 32.1 Å². The lowest BCUT2D eigenvalue weighted by Crippen LogP contribution is -2.42. The number of likely N-dealkylation sites (tertiary alicyclic amines) is 1. The minimum Gasteiger partial charge on any atom is -0.494 e. The number of anilines is 1. The first-order valence-corrected chi connectivity index (χ1v) is 8.84. The van der Waals surface area contributed by atoms with E-state index in [2.05, 4.69) is 24.1 Å². The van der Waals surface area contributed by atoms with Crippen LogP contribution in [0.15, 0.2) is 18.2 Å². The molecule has 1 aromatic carbocycles. The molecule has 1 heterocycles. The predicted molar refractivity (Wildman–Crippen MR) is 103 cm³/mol. The smallest absolute Gasteiger partial charge is 0.414 e. The van der Waals surface area contributed by atoms with E-state index in [4.69, 9.17) is 24.5 Å². The summed E-state index contributed by atoms with van der Waals surface area (Å²) in [5.41, 5.74) is 0.375. The van der Waals surface area contributed by atoms with Crippen LogP contribution in [0, 0.1) is 22.0 Å². The van der Waals surface area contributed by atoms with Crippen molar-refractivity contribution < 1.29 is 34.3 Å². The molecule has 1 fully saturated rings. The van der Waals surface area contributed by atoms with E-state index in [1.807, 2.05) is 0 Å². The molecule has 0 aromatic heterocycles. The fourth-order valence-corrected chi connectivity index (χ4v) is 3.21. The molecule has 0 spiro atoms. The Balaban J connectivity index is 0.000000612. The van der Waals surface area contributed by atoms with E-state index in [-0.39, 0.29) is 17.3 Å². The summed E-state index contributed by atoms with van der Waals surface area (Å²) in [6, 6.07) is 4.15. The highest BCUT2D eigenvalue weighted by molar-refractivity contribution is 6.27. The second kappa shape index (κ2) is 11.0. The van der Waals surface area contributed by atoms with Crippen LogP contribution in [-0.2, 0) is 14.4 Å². The molecule has 1 saturated heterocycles. The van der Waals surface area contributed by atoms with Crippen LogP contribution in [0.1, 0.15) is 20.3 Å². The number of amides is 1. The number of nitro groups is 1. The van der Waals surface area contributed by atoms with Crippen molar-refractivity contribution in [3.8, 4) is 5.75 Å². The monoisotopic (exact) mass is 411 g/mol. The summed E-state index contributed by atoms with van der Waals surface area (Å²) in [6.07, 6.45) is 1.19. The third kappa shape index (κ3) is 8.13. The fourth-order valence-electron chi connectivity index (χ4n) is 3.21. The molecule has 1 aromatic rings. The van der Waals surface area contributed by atoms with Crippen molar-refractivity contribution in [3.05, 3.63) is 28.3 Å². The predicted octanol–water partition coefficient (Wildman–Crippen LogP) is 1.68. The fraction of sp³-hybridized carbons (Fsp3) is 0.500. The van der Waals surface area contributed by atoms with Crippen LogP contribution >= 0.6 is 0 Å². The average molecular weight is 411 g/mol. The zero-order valence-electron chi connectivity index (χ0n) is 16.5. The summed E-state index contributed by atoms with van der Waals surface area (Å²) < 4.78 is 5.13. The van der Waals surface area contributed by atoms with Gasteiger partial charge in [0, 0.05) is 19.2 Å². The molecule has 29 heavy (non-hydrogen) atoms. The number of carbonyl (C=O) groups excluding carboxylic acids is 1. The summed E-state index contributed by atoms with van der Waals surface area (Å²) in [4.78, 5) is 42.9. The molecule has 1 amide bonds. The van der Waals surface area contributed by atoms with Gasteiger partial charge >= 0.3 is 11.9 Å². The van der Waals surface area contributed by atoms with Gasteiger partial charge in [-0.2, -0.15) is 0 Å². The van der Waals surface area contributed by atoms with Gasteiger partial charge in [0.2, 0.25) is 5.91 Å². The van der Waals surface area contributed by atoms with Crippen molar-refractivity contribution >= 4 is 29.2 Å². The number of aliphatic carboxylic acids is 2. The normalized spacial score (nSPS) is 18.7. The molecule has 11 heteroatoms. The number of carboxylic acid groups (broad SMARTS) is 2. The number of hydrogen-bond acceptors (Lipinski definition) is 7. The number of carbonyl (C=O) groups is 3. The standard InChI is InChI=1S/C16H23N3O4.C2H2O4/c1-11-6-12(2)9-18(8-11)10-16(20)17-14-5-4-13(19(21)22)7-15(14)23-3;3-1(4)2(5)6/h4-5,7,11-12H,6,8-10H2,1-3H3,(H,17,20);(H,3,4)(H,5,6). The van der Waals surface area contributed by atoms with Crippen LogP contribution in [0.5, 0.6) is 5.75 Å². The first-order valence-electron chi connectivity index (χ1n) is 8.84. The minimum atomic E-state index is -1.82. The molecular formula is C18H25N3O8. The lowest BCUT2D eigenvalue weighted by atomic mass is 9.92. The highest BCUT2D eigenvalue weighted by Gasteiger charge is 2.23. The van der Waals surface area contributed by atoms with Gasteiger partial charge in [0.15, 0.2) is 0 Å². The number of nitro benzene ring substituents is 1. The van der Waals surface area contributed by atoms with Gasteiger partial charge in [0.05, 0.1) is 30.3 Å². The molecule has 1 aliphatic heterocycles. The van der Waals surface area contributed by atoms with Gasteiger partial charge in [-0.05, 0) is 24.3 Å². The van der Waals surface area contributed by atoms with Crippen molar-refractivity contribution in [1.82, 2.24) is 4.90 Å². The summed E-state index contributed by atoms with van der Waals surface area (Å²) in [5.74, 6) is -2.34. The zero-order chi connectivity index (χ0) is 22.1. The van der Waals surface area contributed by atoms with E-state index >= 15 is 0 Å². The van der Waals surface area contributed by atoms with Gasteiger partial charge in [0.25, 0.3) is 5.69 Å². The van der Waals surface area contributed by atoms with Crippen molar-refractivity contribution in [2.24, 2.45) is 11.8 Å². The van der Waals surface area contributed by atoms with Gasteiger partial charge in [-0.25, -0.2) is 9.59 Å². The second-order valence-corrected chi connectivity index (χ2v) is 6.94. The molecule has 0 radical (unpaired) electrons. The largest absolute Gasteiger partial charge is 0.494 e. The Labute approximate surface area is 167 Å². The number of hydrogen-bond donors (Lipinski definition) is 3. The number of benzene rings is 1. The number of nitrogens with one attached hydrogen (secondary N) is 1. The van der Waals surface area contributed by atoms with Crippen LogP contribution in [0.25, 0.3) is 0 Å². The third-order valence-corrected chi connectivity index (χ3v) is 4.16. The minimum absolute atomic E-state index is 0.0708. The number of methoxy groups -OCH3 is 1.